The lowest BCUT2D eigenvalue weighted by Gasteiger charge is -2.49. The fourth-order valence-electron chi connectivity index (χ4n) is 3.74. The Kier molecular flexibility index (Phi) is 9.91. The monoisotopic (exact) mass is 622 g/mol. The molecule has 1 unspecified atom stereocenters. The molecule has 1 aromatic heterocycles. The zero-order valence-electron chi connectivity index (χ0n) is 21.4. The maximum atomic E-state index is 13.2. The molecule has 14 nitrogen and oxygen atoms in total. The number of thioether (sulfide) groups is 1. The summed E-state index contributed by atoms with van der Waals surface area (Å²) in [5.41, 5.74) is 0.231. The molecule has 2 aliphatic rings. The fraction of sp³-hybridized carbons (Fsp3) is 0.333. The van der Waals surface area contributed by atoms with Gasteiger partial charge in [0.15, 0.2) is 10.8 Å². The Balaban J connectivity index is 1.43. The van der Waals surface area contributed by atoms with E-state index in [2.05, 4.69) is 20.8 Å². The lowest BCUT2D eigenvalue weighted by Crippen LogP contribution is -2.71. The molecule has 3 amide bonds. The van der Waals surface area contributed by atoms with Crippen LogP contribution in [0.5, 0.6) is 0 Å². The minimum absolute atomic E-state index is 0.106. The van der Waals surface area contributed by atoms with Crippen LogP contribution in [0.3, 0.4) is 0 Å². The molecule has 1 aromatic carbocycles. The number of hydrogen-bond donors (Lipinski definition) is 2. The molecular formula is C24H23ClN6O8S2. The Morgan fingerprint density at radius 3 is 2.78 bits per heavy atom. The minimum Gasteiger partial charge on any atom is -0.456 e. The van der Waals surface area contributed by atoms with Crippen molar-refractivity contribution in [2.45, 2.75) is 37.8 Å². The van der Waals surface area contributed by atoms with Gasteiger partial charge in [-0.1, -0.05) is 30.1 Å². The van der Waals surface area contributed by atoms with Gasteiger partial charge in [-0.3, -0.25) is 29.4 Å². The Labute approximate surface area is 246 Å². The number of oxime groups is 1. The van der Waals surface area contributed by atoms with Crippen LogP contribution in [0.4, 0.5) is 10.8 Å². The number of nitro benzene ring substituents is 1. The Morgan fingerprint density at radius 1 is 1.34 bits per heavy atom. The van der Waals surface area contributed by atoms with Crippen molar-refractivity contribution in [1.29, 1.82) is 0 Å². The Hall–Kier alpha value is -4.02. The predicted molar refractivity (Wildman–Crippen MR) is 150 cm³/mol. The second-order valence-corrected chi connectivity index (χ2v) is 11.0. The van der Waals surface area contributed by atoms with E-state index >= 15 is 0 Å². The van der Waals surface area contributed by atoms with Gasteiger partial charge in [-0.25, -0.2) is 9.78 Å². The van der Waals surface area contributed by atoms with Crippen LogP contribution >= 0.6 is 34.7 Å². The van der Waals surface area contributed by atoms with Crippen LogP contribution in [0, 0.1) is 10.1 Å². The quantitative estimate of drug-likeness (QED) is 0.0640. The van der Waals surface area contributed by atoms with Crippen LogP contribution in [0.1, 0.15) is 31.0 Å². The number of halogens is 1. The summed E-state index contributed by atoms with van der Waals surface area (Å²) in [6, 6.07) is 4.47. The lowest BCUT2D eigenvalue weighted by atomic mass is 10.0. The molecular weight excluding hydrogens is 600 g/mol. The number of aromatic nitrogens is 1. The summed E-state index contributed by atoms with van der Waals surface area (Å²) in [5.74, 6) is -1.96. The van der Waals surface area contributed by atoms with Crippen molar-refractivity contribution in [2.75, 3.05) is 17.7 Å². The third-order valence-electron chi connectivity index (χ3n) is 5.81. The number of rotatable bonds is 13. The van der Waals surface area contributed by atoms with E-state index in [1.54, 1.807) is 0 Å². The van der Waals surface area contributed by atoms with Gasteiger partial charge in [0.1, 0.15) is 36.0 Å². The number of amides is 3. The summed E-state index contributed by atoms with van der Waals surface area (Å²) in [6.07, 6.45) is 2.01. The number of carbonyl (C=O) groups is 4. The highest BCUT2D eigenvalue weighted by Crippen LogP contribution is 2.41. The molecule has 1 fully saturated rings. The maximum absolute atomic E-state index is 13.2. The van der Waals surface area contributed by atoms with E-state index in [-0.39, 0.29) is 51.9 Å². The number of thiazole rings is 1. The Morgan fingerprint density at radius 2 is 2.10 bits per heavy atom. The first kappa shape index (κ1) is 30.0. The van der Waals surface area contributed by atoms with Crippen LogP contribution in [-0.2, 0) is 35.4 Å². The predicted octanol–water partition coefficient (Wildman–Crippen LogP) is 2.73. The summed E-state index contributed by atoms with van der Waals surface area (Å²) in [6.45, 7) is 2.03. The summed E-state index contributed by atoms with van der Waals surface area (Å²) in [5, 5.41) is 21.0. The van der Waals surface area contributed by atoms with E-state index in [1.165, 1.54) is 46.3 Å². The van der Waals surface area contributed by atoms with Gasteiger partial charge in [-0.05, 0) is 24.1 Å². The van der Waals surface area contributed by atoms with Crippen molar-refractivity contribution in [1.82, 2.24) is 15.2 Å². The zero-order chi connectivity index (χ0) is 29.5. The number of nitrogens with one attached hydrogen (secondary N) is 2. The van der Waals surface area contributed by atoms with Crippen molar-refractivity contribution >= 4 is 75.4 Å². The van der Waals surface area contributed by atoms with Gasteiger partial charge < -0.3 is 20.2 Å². The van der Waals surface area contributed by atoms with E-state index in [9.17, 15) is 29.3 Å². The number of β-lactam (4-membered cyclic amide) rings is 1. The van der Waals surface area contributed by atoms with Gasteiger partial charge in [0.2, 0.25) is 6.41 Å². The van der Waals surface area contributed by atoms with E-state index in [4.69, 9.17) is 21.2 Å². The number of non-ortho nitro benzene ring substituents is 1. The van der Waals surface area contributed by atoms with Gasteiger partial charge in [-0.2, -0.15) is 0 Å². The largest absolute Gasteiger partial charge is 0.456 e. The van der Waals surface area contributed by atoms with Crippen molar-refractivity contribution in [3.63, 3.8) is 0 Å². The molecule has 17 heteroatoms. The van der Waals surface area contributed by atoms with E-state index in [1.807, 2.05) is 6.92 Å². The highest BCUT2D eigenvalue weighted by Gasteiger charge is 2.54. The van der Waals surface area contributed by atoms with E-state index < -0.39 is 34.1 Å². The average Bonchev–Trinajstić information content (AvgIpc) is 3.42. The number of unbranched alkanes of at least 4 members (excludes halogenated alkanes) is 1. The van der Waals surface area contributed by atoms with Crippen LogP contribution in [0.2, 0.25) is 0 Å². The molecule has 216 valence electrons. The first-order valence-electron chi connectivity index (χ1n) is 12.2. The molecule has 3 heterocycles. The first-order valence-corrected chi connectivity index (χ1v) is 14.5. The second-order valence-electron chi connectivity index (χ2n) is 8.54. The molecule has 2 aliphatic heterocycles. The Bertz CT molecular complexity index is 1410. The number of carbonyl (C=O) groups excluding carboxylic acids is 4. The SMILES string of the molecule is CCCCON=C(C(=O)NC1C(=O)N2C(C(=O)OCc3ccc([N+](=O)[O-])cc3)=C(Cl)CS[C@@H]12)c1csc(NC=O)n1. The van der Waals surface area contributed by atoms with Crippen LogP contribution < -0.4 is 10.6 Å². The third-order valence-corrected chi connectivity index (χ3v) is 8.33. The van der Waals surface area contributed by atoms with Crippen molar-refractivity contribution in [2.24, 2.45) is 5.16 Å². The molecule has 2 N–H and O–H groups in total. The first-order chi connectivity index (χ1) is 19.7. The van der Waals surface area contributed by atoms with Crippen LogP contribution in [-0.4, -0.2) is 68.5 Å². The van der Waals surface area contributed by atoms with Crippen LogP contribution in [0.25, 0.3) is 0 Å². The molecule has 0 radical (unpaired) electrons. The van der Waals surface area contributed by atoms with Gasteiger partial charge in [0.05, 0.1) is 9.96 Å². The van der Waals surface area contributed by atoms with E-state index in [0.29, 0.717) is 18.4 Å². The topological polar surface area (TPSA) is 182 Å². The molecule has 0 saturated carbocycles. The highest BCUT2D eigenvalue weighted by molar-refractivity contribution is 8.00. The zero-order valence-corrected chi connectivity index (χ0v) is 23.8. The molecule has 2 atom stereocenters. The molecule has 1 saturated heterocycles. The van der Waals surface area contributed by atoms with Crippen molar-refractivity contribution in [3.05, 3.63) is 61.7 Å². The molecule has 0 bridgehead atoms. The summed E-state index contributed by atoms with van der Waals surface area (Å²) in [4.78, 5) is 70.9. The van der Waals surface area contributed by atoms with Crippen molar-refractivity contribution in [3.8, 4) is 0 Å². The number of fused-ring (bicyclic) bond motifs is 1. The van der Waals surface area contributed by atoms with Gasteiger partial charge in [0, 0.05) is 23.3 Å². The second kappa shape index (κ2) is 13.6. The molecule has 0 spiro atoms. The standard InChI is InChI=1S/C24H23ClN6O8S2/c1-2-3-8-39-29-17(16-11-41-24(27-16)26-12-32)20(33)28-18-21(34)30-19(15(25)10-40-22(18)30)23(35)38-9-13-4-6-14(7-5-13)31(36)37/h4-7,11-12,18,22H,2-3,8-10H2,1H3,(H,28,33)(H,26,27,32)/t18?,22-/m0/s1. The lowest BCUT2D eigenvalue weighted by molar-refractivity contribution is -0.384. The minimum atomic E-state index is -0.998. The molecule has 0 aliphatic carbocycles. The van der Waals surface area contributed by atoms with Crippen LogP contribution in [0.15, 0.2) is 45.5 Å². The summed E-state index contributed by atoms with van der Waals surface area (Å²) in [7, 11) is 0. The number of hydrogen-bond acceptors (Lipinski definition) is 12. The number of anilines is 1. The summed E-state index contributed by atoms with van der Waals surface area (Å²) >= 11 is 8.63. The highest BCUT2D eigenvalue weighted by atomic mass is 35.5. The molecule has 4 rings (SSSR count). The number of nitro groups is 1. The molecule has 2 aromatic rings. The number of ether oxygens (including phenoxy) is 1. The van der Waals surface area contributed by atoms with Gasteiger partial charge >= 0.3 is 5.97 Å². The number of esters is 1. The smallest absolute Gasteiger partial charge is 0.356 e. The normalized spacial score (nSPS) is 18.2. The van der Waals surface area contributed by atoms with E-state index in [0.717, 1.165) is 17.8 Å². The summed E-state index contributed by atoms with van der Waals surface area (Å²) < 4.78 is 5.32. The van der Waals surface area contributed by atoms with Gasteiger partial charge in [-0.15, -0.1) is 23.1 Å². The van der Waals surface area contributed by atoms with Crippen molar-refractivity contribution < 1.29 is 33.7 Å². The van der Waals surface area contributed by atoms with Gasteiger partial charge in [0.25, 0.3) is 17.5 Å². The number of nitrogens with zero attached hydrogens (tertiary/aromatic N) is 4. The maximum Gasteiger partial charge on any atom is 0.356 e. The third kappa shape index (κ3) is 6.83. The number of benzene rings is 1. The molecule has 41 heavy (non-hydrogen) atoms. The fourth-order valence-corrected chi connectivity index (χ4v) is 5.94. The average molecular weight is 623 g/mol.